The zero-order valence-electron chi connectivity index (χ0n) is 16.3. The molecule has 1 aliphatic heterocycles. The van der Waals surface area contributed by atoms with Crippen LogP contribution in [0.4, 0.5) is 5.69 Å². The highest BCUT2D eigenvalue weighted by molar-refractivity contribution is 8.00. The summed E-state index contributed by atoms with van der Waals surface area (Å²) in [6.07, 6.45) is 1.61. The molecule has 0 unspecified atom stereocenters. The Morgan fingerprint density at radius 1 is 1.14 bits per heavy atom. The highest BCUT2D eigenvalue weighted by Crippen LogP contribution is 2.39. The third kappa shape index (κ3) is 4.38. The molecule has 1 atom stereocenters. The summed E-state index contributed by atoms with van der Waals surface area (Å²) in [7, 11) is 0. The van der Waals surface area contributed by atoms with Crippen LogP contribution in [0.3, 0.4) is 0 Å². The normalized spacial score (nSPS) is 16.3. The first kappa shape index (κ1) is 19.3. The average Bonchev–Trinajstić information content (AvgIpc) is 3.32. The van der Waals surface area contributed by atoms with E-state index in [9.17, 15) is 9.59 Å². The minimum absolute atomic E-state index is 0.0795. The molecule has 2 aromatic carbocycles. The lowest BCUT2D eigenvalue weighted by molar-refractivity contribution is -0.128. The Hall–Kier alpha value is -2.99. The van der Waals surface area contributed by atoms with Gasteiger partial charge in [-0.15, -0.1) is 11.8 Å². The number of carbonyl (C=O) groups is 2. The number of nitrogens with zero attached hydrogens (tertiary/aromatic N) is 1. The first-order chi connectivity index (χ1) is 14.0. The van der Waals surface area contributed by atoms with Gasteiger partial charge < -0.3 is 14.6 Å². The van der Waals surface area contributed by atoms with Crippen molar-refractivity contribution in [2.75, 3.05) is 11.1 Å². The Labute approximate surface area is 174 Å². The first-order valence-corrected chi connectivity index (χ1v) is 10.5. The van der Waals surface area contributed by atoms with E-state index in [1.807, 2.05) is 67.3 Å². The van der Waals surface area contributed by atoms with Gasteiger partial charge in [0.2, 0.25) is 5.91 Å². The number of aryl methyl sites for hydroxylation is 2. The minimum atomic E-state index is -0.149. The lowest BCUT2D eigenvalue weighted by atomic mass is 10.1. The second-order valence-corrected chi connectivity index (χ2v) is 8.29. The number of benzene rings is 2. The average molecular weight is 407 g/mol. The highest BCUT2D eigenvalue weighted by atomic mass is 32.2. The molecule has 4 rings (SSSR count). The predicted molar refractivity (Wildman–Crippen MR) is 115 cm³/mol. The molecule has 2 amide bonds. The highest BCUT2D eigenvalue weighted by Gasteiger charge is 2.33. The van der Waals surface area contributed by atoms with E-state index in [1.54, 1.807) is 18.0 Å². The Morgan fingerprint density at radius 3 is 2.52 bits per heavy atom. The molecule has 3 aromatic rings. The molecule has 1 saturated heterocycles. The predicted octanol–water partition coefficient (Wildman–Crippen LogP) is 4.92. The van der Waals surface area contributed by atoms with Crippen molar-refractivity contribution in [3.05, 3.63) is 88.9 Å². The molecule has 29 heavy (non-hydrogen) atoms. The van der Waals surface area contributed by atoms with Gasteiger partial charge in [0.1, 0.15) is 11.1 Å². The lowest BCUT2D eigenvalue weighted by Gasteiger charge is -2.23. The molecule has 0 saturated carbocycles. The van der Waals surface area contributed by atoms with Gasteiger partial charge in [-0.3, -0.25) is 9.59 Å². The summed E-state index contributed by atoms with van der Waals surface area (Å²) in [5, 5.41) is 2.87. The first-order valence-electron chi connectivity index (χ1n) is 9.43. The van der Waals surface area contributed by atoms with Crippen LogP contribution in [0.2, 0.25) is 0 Å². The molecule has 1 fully saturated rings. The lowest BCUT2D eigenvalue weighted by Crippen LogP contribution is -2.27. The molecule has 148 valence electrons. The van der Waals surface area contributed by atoms with Gasteiger partial charge in [-0.2, -0.15) is 0 Å². The van der Waals surface area contributed by atoms with E-state index >= 15 is 0 Å². The molecular formula is C23H22N2O3S. The summed E-state index contributed by atoms with van der Waals surface area (Å²) >= 11 is 1.59. The second-order valence-electron chi connectivity index (χ2n) is 7.22. The Bertz CT molecular complexity index is 1010. The second kappa shape index (κ2) is 8.17. The van der Waals surface area contributed by atoms with E-state index in [1.165, 1.54) is 0 Å². The van der Waals surface area contributed by atoms with Crippen molar-refractivity contribution >= 4 is 29.3 Å². The van der Waals surface area contributed by atoms with Crippen LogP contribution in [0.1, 0.15) is 38.2 Å². The van der Waals surface area contributed by atoms with Crippen LogP contribution in [0.5, 0.6) is 0 Å². The number of hydrogen-bond donors (Lipinski definition) is 1. The molecule has 0 bridgehead atoms. The van der Waals surface area contributed by atoms with Gasteiger partial charge in [-0.25, -0.2) is 0 Å². The van der Waals surface area contributed by atoms with Crippen LogP contribution in [0, 0.1) is 13.8 Å². The number of anilines is 1. The maximum atomic E-state index is 12.6. The molecule has 2 heterocycles. The van der Waals surface area contributed by atoms with Crippen LogP contribution >= 0.6 is 11.8 Å². The summed E-state index contributed by atoms with van der Waals surface area (Å²) in [5.41, 5.74) is 4.58. The maximum Gasteiger partial charge on any atom is 0.255 e. The van der Waals surface area contributed by atoms with Crippen LogP contribution in [0.15, 0.2) is 65.3 Å². The molecule has 1 N–H and O–H groups in total. The van der Waals surface area contributed by atoms with Gasteiger partial charge in [0.15, 0.2) is 0 Å². The Kier molecular flexibility index (Phi) is 5.45. The fraction of sp³-hybridized carbons (Fsp3) is 0.217. The van der Waals surface area contributed by atoms with Gasteiger partial charge in [0, 0.05) is 11.3 Å². The standard InChI is InChI=1S/C23H22N2O3S/c1-15-10-16(2)12-19(11-15)24-22(27)17-5-7-18(8-6-17)23-25(21(26)14-29-23)13-20-4-3-9-28-20/h3-12,23H,13-14H2,1-2H3,(H,24,27)/t23-/m1/s1. The van der Waals surface area contributed by atoms with Crippen molar-refractivity contribution in [2.45, 2.75) is 25.8 Å². The fourth-order valence-corrected chi connectivity index (χ4v) is 4.71. The van der Waals surface area contributed by atoms with Gasteiger partial charge in [-0.1, -0.05) is 18.2 Å². The van der Waals surface area contributed by atoms with Crippen molar-refractivity contribution in [3.8, 4) is 0 Å². The summed E-state index contributed by atoms with van der Waals surface area (Å²) < 4.78 is 5.40. The van der Waals surface area contributed by atoms with Crippen LogP contribution in [-0.2, 0) is 11.3 Å². The Balaban J connectivity index is 1.48. The molecule has 1 aromatic heterocycles. The number of rotatable bonds is 5. The molecule has 0 spiro atoms. The number of thioether (sulfide) groups is 1. The largest absolute Gasteiger partial charge is 0.467 e. The molecule has 6 heteroatoms. The molecule has 1 aliphatic rings. The van der Waals surface area contributed by atoms with Crippen molar-refractivity contribution in [1.82, 2.24) is 4.90 Å². The summed E-state index contributed by atoms with van der Waals surface area (Å²) in [5.74, 6) is 1.15. The minimum Gasteiger partial charge on any atom is -0.467 e. The van der Waals surface area contributed by atoms with Crippen molar-refractivity contribution < 1.29 is 14.0 Å². The molecular weight excluding hydrogens is 384 g/mol. The zero-order valence-corrected chi connectivity index (χ0v) is 17.2. The van der Waals surface area contributed by atoms with Gasteiger partial charge in [0.25, 0.3) is 5.91 Å². The van der Waals surface area contributed by atoms with Gasteiger partial charge in [-0.05, 0) is 66.9 Å². The summed E-state index contributed by atoms with van der Waals surface area (Å²) in [4.78, 5) is 26.7. The van der Waals surface area contributed by atoms with Crippen molar-refractivity contribution in [1.29, 1.82) is 0 Å². The van der Waals surface area contributed by atoms with E-state index < -0.39 is 0 Å². The molecule has 5 nitrogen and oxygen atoms in total. The molecule has 0 aliphatic carbocycles. The smallest absolute Gasteiger partial charge is 0.255 e. The van der Waals surface area contributed by atoms with Crippen molar-refractivity contribution in [2.24, 2.45) is 0 Å². The zero-order chi connectivity index (χ0) is 20.4. The number of hydrogen-bond acceptors (Lipinski definition) is 4. The third-order valence-electron chi connectivity index (χ3n) is 4.81. The number of furan rings is 1. The van der Waals surface area contributed by atoms with Crippen molar-refractivity contribution in [3.63, 3.8) is 0 Å². The fourth-order valence-electron chi connectivity index (χ4n) is 3.52. The van der Waals surface area contributed by atoms with Crippen LogP contribution in [-0.4, -0.2) is 22.5 Å². The van der Waals surface area contributed by atoms with Gasteiger partial charge in [0.05, 0.1) is 18.6 Å². The summed E-state index contributed by atoms with van der Waals surface area (Å²) in [6.45, 7) is 4.46. The maximum absolute atomic E-state index is 12.6. The number of nitrogens with one attached hydrogen (secondary N) is 1. The van der Waals surface area contributed by atoms with Gasteiger partial charge >= 0.3 is 0 Å². The van der Waals surface area contributed by atoms with Crippen LogP contribution in [0.25, 0.3) is 0 Å². The third-order valence-corrected chi connectivity index (χ3v) is 6.07. The number of amides is 2. The Morgan fingerprint density at radius 2 is 1.86 bits per heavy atom. The monoisotopic (exact) mass is 406 g/mol. The topological polar surface area (TPSA) is 62.6 Å². The summed E-state index contributed by atoms with van der Waals surface area (Å²) in [6, 6.07) is 17.1. The van der Waals surface area contributed by atoms with E-state index in [-0.39, 0.29) is 17.2 Å². The van der Waals surface area contributed by atoms with E-state index in [2.05, 4.69) is 11.4 Å². The van der Waals surface area contributed by atoms with E-state index in [0.717, 1.165) is 28.1 Å². The number of carbonyl (C=O) groups excluding carboxylic acids is 2. The quantitative estimate of drug-likeness (QED) is 0.653. The van der Waals surface area contributed by atoms with Crippen LogP contribution < -0.4 is 5.32 Å². The molecule has 0 radical (unpaired) electrons. The SMILES string of the molecule is Cc1cc(C)cc(NC(=O)c2ccc([C@H]3SCC(=O)N3Cc3ccco3)cc2)c1. The van der Waals surface area contributed by atoms with E-state index in [0.29, 0.717) is 17.9 Å². The van der Waals surface area contributed by atoms with E-state index in [4.69, 9.17) is 4.42 Å².